The molecule has 1 N–H and O–H groups in total. The molecule has 15 heavy (non-hydrogen) atoms. The maximum Gasteiger partial charge on any atom is 0.371 e. The van der Waals surface area contributed by atoms with Crippen LogP contribution >= 0.6 is 0 Å². The van der Waals surface area contributed by atoms with E-state index in [2.05, 4.69) is 0 Å². The zero-order chi connectivity index (χ0) is 11.0. The van der Waals surface area contributed by atoms with E-state index < -0.39 is 11.8 Å². The second kappa shape index (κ2) is 3.27. The van der Waals surface area contributed by atoms with Gasteiger partial charge in [-0.25, -0.2) is 9.18 Å². The van der Waals surface area contributed by atoms with Crippen molar-refractivity contribution in [2.45, 2.75) is 0 Å². The predicted octanol–water partition coefficient (Wildman–Crippen LogP) is 2.28. The molecule has 0 atom stereocenters. The molecule has 0 bridgehead atoms. The van der Waals surface area contributed by atoms with Crippen LogP contribution in [0.25, 0.3) is 11.0 Å². The van der Waals surface area contributed by atoms with Crippen LogP contribution in [0.4, 0.5) is 4.39 Å². The summed E-state index contributed by atoms with van der Waals surface area (Å²) in [4.78, 5) is 10.6. The number of fused-ring (bicyclic) bond motifs is 1. The van der Waals surface area contributed by atoms with E-state index in [1.165, 1.54) is 19.2 Å². The van der Waals surface area contributed by atoms with Crippen molar-refractivity contribution in [3.8, 4) is 5.75 Å². The topological polar surface area (TPSA) is 59.7 Å². The highest BCUT2D eigenvalue weighted by Crippen LogP contribution is 2.27. The lowest BCUT2D eigenvalue weighted by molar-refractivity contribution is 0.0665. The Morgan fingerprint density at radius 3 is 2.80 bits per heavy atom. The predicted molar refractivity (Wildman–Crippen MR) is 49.7 cm³/mol. The third-order valence-electron chi connectivity index (χ3n) is 2.00. The van der Waals surface area contributed by atoms with Gasteiger partial charge in [-0.05, 0) is 12.1 Å². The molecule has 0 spiro atoms. The maximum absolute atomic E-state index is 13.2. The Morgan fingerprint density at radius 2 is 2.20 bits per heavy atom. The molecule has 0 radical (unpaired) electrons. The Bertz CT molecular complexity index is 529. The van der Waals surface area contributed by atoms with Crippen LogP contribution in [0.15, 0.2) is 22.6 Å². The molecule has 0 fully saturated rings. The van der Waals surface area contributed by atoms with Crippen LogP contribution in [0.1, 0.15) is 10.6 Å². The molecule has 0 unspecified atom stereocenters. The minimum absolute atomic E-state index is 0.0558. The number of carbonyl (C=O) groups is 1. The van der Waals surface area contributed by atoms with E-state index in [9.17, 15) is 9.18 Å². The van der Waals surface area contributed by atoms with Gasteiger partial charge in [0.15, 0.2) is 11.6 Å². The van der Waals surface area contributed by atoms with Gasteiger partial charge >= 0.3 is 5.97 Å². The van der Waals surface area contributed by atoms with E-state index in [1.807, 2.05) is 0 Å². The number of hydrogen-bond acceptors (Lipinski definition) is 3. The van der Waals surface area contributed by atoms with E-state index in [0.29, 0.717) is 5.39 Å². The lowest BCUT2D eigenvalue weighted by atomic mass is 10.2. The zero-order valence-corrected chi connectivity index (χ0v) is 7.78. The smallest absolute Gasteiger partial charge is 0.371 e. The van der Waals surface area contributed by atoms with E-state index in [-0.39, 0.29) is 17.1 Å². The summed E-state index contributed by atoms with van der Waals surface area (Å²) >= 11 is 0. The van der Waals surface area contributed by atoms with Crippen LogP contribution in [-0.4, -0.2) is 18.2 Å². The molecule has 0 aliphatic rings. The van der Waals surface area contributed by atoms with Gasteiger partial charge in [0.1, 0.15) is 5.58 Å². The Kier molecular flexibility index (Phi) is 2.07. The lowest BCUT2D eigenvalue weighted by Gasteiger charge is -1.99. The summed E-state index contributed by atoms with van der Waals surface area (Å²) in [6.07, 6.45) is 0. The number of carboxylic acid groups (broad SMARTS) is 1. The highest BCUT2D eigenvalue weighted by molar-refractivity contribution is 5.91. The number of carboxylic acids is 1. The summed E-state index contributed by atoms with van der Waals surface area (Å²) in [6, 6.07) is 3.81. The summed E-state index contributed by atoms with van der Waals surface area (Å²) in [6.45, 7) is 0. The number of aromatic carboxylic acids is 1. The Labute approximate surface area is 83.9 Å². The number of benzene rings is 1. The van der Waals surface area contributed by atoms with Gasteiger partial charge in [-0.3, -0.25) is 0 Å². The molecule has 5 heteroatoms. The average Bonchev–Trinajstić information content (AvgIpc) is 2.59. The van der Waals surface area contributed by atoms with Crippen molar-refractivity contribution in [2.24, 2.45) is 0 Å². The molecule has 1 aromatic carbocycles. The summed E-state index contributed by atoms with van der Waals surface area (Å²) in [7, 11) is 1.34. The first-order valence-electron chi connectivity index (χ1n) is 4.12. The average molecular weight is 210 g/mol. The van der Waals surface area contributed by atoms with Crippen molar-refractivity contribution in [3.05, 3.63) is 29.8 Å². The molecule has 2 aromatic rings. The molecule has 1 aromatic heterocycles. The molecule has 1 heterocycles. The molecular weight excluding hydrogens is 203 g/mol. The number of ether oxygens (including phenoxy) is 1. The zero-order valence-electron chi connectivity index (χ0n) is 7.78. The van der Waals surface area contributed by atoms with Crippen molar-refractivity contribution < 1.29 is 23.4 Å². The fourth-order valence-electron chi connectivity index (χ4n) is 1.30. The Hall–Kier alpha value is -2.04. The largest absolute Gasteiger partial charge is 0.494 e. The summed E-state index contributed by atoms with van der Waals surface area (Å²) in [5.41, 5.74) is 0.186. The van der Waals surface area contributed by atoms with E-state index >= 15 is 0 Å². The third kappa shape index (κ3) is 1.52. The molecule has 0 saturated carbocycles. The summed E-state index contributed by atoms with van der Waals surface area (Å²) in [5, 5.41) is 9.15. The van der Waals surface area contributed by atoms with Crippen LogP contribution in [0.3, 0.4) is 0 Å². The van der Waals surface area contributed by atoms with Gasteiger partial charge in [-0.15, -0.1) is 0 Å². The highest BCUT2D eigenvalue weighted by Gasteiger charge is 2.13. The number of hydrogen-bond donors (Lipinski definition) is 1. The molecule has 0 saturated heterocycles. The van der Waals surface area contributed by atoms with E-state index in [1.54, 1.807) is 0 Å². The molecule has 0 aliphatic carbocycles. The standard InChI is InChI=1S/C10H7FO4/c1-14-8-2-5-3-9(10(12)13)15-7(5)4-6(8)11/h2-4H,1H3,(H,12,13). The first-order valence-corrected chi connectivity index (χ1v) is 4.12. The van der Waals surface area contributed by atoms with Crippen LogP contribution < -0.4 is 4.74 Å². The van der Waals surface area contributed by atoms with Crippen molar-refractivity contribution in [2.75, 3.05) is 7.11 Å². The van der Waals surface area contributed by atoms with Crippen LogP contribution in [0.2, 0.25) is 0 Å². The van der Waals surface area contributed by atoms with Crippen LogP contribution in [-0.2, 0) is 0 Å². The molecule has 78 valence electrons. The minimum Gasteiger partial charge on any atom is -0.494 e. The highest BCUT2D eigenvalue weighted by atomic mass is 19.1. The van der Waals surface area contributed by atoms with Crippen molar-refractivity contribution in [3.63, 3.8) is 0 Å². The number of halogens is 1. The quantitative estimate of drug-likeness (QED) is 0.825. The summed E-state index contributed by atoms with van der Waals surface area (Å²) in [5.74, 6) is -1.94. The van der Waals surface area contributed by atoms with Gasteiger partial charge in [-0.2, -0.15) is 0 Å². The van der Waals surface area contributed by atoms with E-state index in [0.717, 1.165) is 6.07 Å². The van der Waals surface area contributed by atoms with Gasteiger partial charge < -0.3 is 14.3 Å². The van der Waals surface area contributed by atoms with Crippen molar-refractivity contribution in [1.29, 1.82) is 0 Å². The normalized spacial score (nSPS) is 10.5. The van der Waals surface area contributed by atoms with Gasteiger partial charge in [0, 0.05) is 11.5 Å². The Morgan fingerprint density at radius 1 is 1.47 bits per heavy atom. The van der Waals surface area contributed by atoms with Gasteiger partial charge in [0.2, 0.25) is 5.76 Å². The Balaban J connectivity index is 2.66. The molecule has 2 rings (SSSR count). The maximum atomic E-state index is 13.2. The fraction of sp³-hybridized carbons (Fsp3) is 0.100. The molecule has 0 amide bonds. The molecule has 0 aliphatic heterocycles. The molecule has 4 nitrogen and oxygen atoms in total. The molecular formula is C10H7FO4. The second-order valence-electron chi connectivity index (χ2n) is 2.94. The van der Waals surface area contributed by atoms with Crippen molar-refractivity contribution in [1.82, 2.24) is 0 Å². The monoisotopic (exact) mass is 210 g/mol. The van der Waals surface area contributed by atoms with Crippen molar-refractivity contribution >= 4 is 16.9 Å². The summed E-state index contributed by atoms with van der Waals surface area (Å²) < 4.78 is 22.9. The first kappa shape index (κ1) is 9.51. The van der Waals surface area contributed by atoms with Crippen LogP contribution in [0.5, 0.6) is 5.75 Å². The first-order chi connectivity index (χ1) is 7.11. The number of furan rings is 1. The second-order valence-corrected chi connectivity index (χ2v) is 2.94. The van der Waals surface area contributed by atoms with Crippen LogP contribution in [0, 0.1) is 5.82 Å². The fourth-order valence-corrected chi connectivity index (χ4v) is 1.30. The number of rotatable bonds is 2. The van der Waals surface area contributed by atoms with Gasteiger partial charge in [0.25, 0.3) is 0 Å². The van der Waals surface area contributed by atoms with Gasteiger partial charge in [-0.1, -0.05) is 0 Å². The number of methoxy groups -OCH3 is 1. The SMILES string of the molecule is COc1cc2cc(C(=O)O)oc2cc1F. The minimum atomic E-state index is -1.19. The third-order valence-corrected chi connectivity index (χ3v) is 2.00. The van der Waals surface area contributed by atoms with Gasteiger partial charge in [0.05, 0.1) is 7.11 Å². The van der Waals surface area contributed by atoms with E-state index in [4.69, 9.17) is 14.3 Å². The lowest BCUT2D eigenvalue weighted by Crippen LogP contribution is -1.91.